The van der Waals surface area contributed by atoms with Crippen molar-refractivity contribution >= 4 is 5.69 Å². The predicted octanol–water partition coefficient (Wildman–Crippen LogP) is 4.44. The van der Waals surface area contributed by atoms with Gasteiger partial charge >= 0.3 is 0 Å². The summed E-state index contributed by atoms with van der Waals surface area (Å²) in [6.07, 6.45) is 4.79. The van der Waals surface area contributed by atoms with Crippen molar-refractivity contribution in [2.24, 2.45) is 5.92 Å². The summed E-state index contributed by atoms with van der Waals surface area (Å²) in [5.41, 5.74) is 6.11. The van der Waals surface area contributed by atoms with Gasteiger partial charge in [0.1, 0.15) is 5.60 Å². The minimum absolute atomic E-state index is 0.327. The Balaban J connectivity index is 2.65. The molecule has 4 heteroatoms. The van der Waals surface area contributed by atoms with E-state index in [1.165, 1.54) is 19.3 Å². The van der Waals surface area contributed by atoms with Crippen LogP contribution in [0.15, 0.2) is 12.1 Å². The monoisotopic (exact) mass is 294 g/mol. The maximum absolute atomic E-state index is 5.90. The minimum Gasteiger partial charge on any atom is -0.477 e. The van der Waals surface area contributed by atoms with Crippen molar-refractivity contribution in [3.05, 3.63) is 12.1 Å². The number of rotatable bonds is 8. The number of pyridine rings is 1. The number of nitrogen functional groups attached to an aromatic ring is 1. The lowest BCUT2D eigenvalue weighted by Gasteiger charge is -2.22. The number of ether oxygens (including phenoxy) is 2. The Labute approximate surface area is 129 Å². The van der Waals surface area contributed by atoms with Crippen molar-refractivity contribution in [3.63, 3.8) is 0 Å². The van der Waals surface area contributed by atoms with Crippen LogP contribution >= 0.6 is 0 Å². The first kappa shape index (κ1) is 17.6. The summed E-state index contributed by atoms with van der Waals surface area (Å²) in [6, 6.07) is 3.59. The topological polar surface area (TPSA) is 57.4 Å². The van der Waals surface area contributed by atoms with E-state index in [0.717, 1.165) is 6.42 Å². The maximum atomic E-state index is 5.90. The van der Waals surface area contributed by atoms with Crippen molar-refractivity contribution in [2.45, 2.75) is 65.9 Å². The van der Waals surface area contributed by atoms with Crippen LogP contribution in [0, 0.1) is 5.92 Å². The summed E-state index contributed by atoms with van der Waals surface area (Å²) < 4.78 is 11.6. The molecule has 1 aromatic rings. The van der Waals surface area contributed by atoms with E-state index in [9.17, 15) is 0 Å². The van der Waals surface area contributed by atoms with Crippen molar-refractivity contribution in [2.75, 3.05) is 12.3 Å². The number of hydrogen-bond donors (Lipinski definition) is 1. The third-order valence-electron chi connectivity index (χ3n) is 3.28. The zero-order valence-corrected chi connectivity index (χ0v) is 14.1. The number of hydrogen-bond acceptors (Lipinski definition) is 4. The average Bonchev–Trinajstić information content (AvgIpc) is 2.41. The van der Waals surface area contributed by atoms with E-state index in [1.807, 2.05) is 20.8 Å². The molecule has 1 aromatic heterocycles. The highest BCUT2D eigenvalue weighted by atomic mass is 16.5. The summed E-state index contributed by atoms with van der Waals surface area (Å²) in [5.74, 6) is 1.61. The van der Waals surface area contributed by atoms with Crippen LogP contribution in [-0.4, -0.2) is 17.2 Å². The molecular formula is C17H30N2O2. The molecule has 1 heterocycles. The quantitative estimate of drug-likeness (QED) is 0.770. The molecule has 120 valence electrons. The summed E-state index contributed by atoms with van der Waals surface area (Å²) in [6.45, 7) is 11.0. The number of nitrogens with zero attached hydrogens (tertiary/aromatic N) is 1. The fourth-order valence-electron chi connectivity index (χ4n) is 1.99. The number of anilines is 1. The van der Waals surface area contributed by atoms with Gasteiger partial charge in [-0.1, -0.05) is 33.1 Å². The Hall–Kier alpha value is -1.45. The van der Waals surface area contributed by atoms with Crippen LogP contribution in [-0.2, 0) is 0 Å². The van der Waals surface area contributed by atoms with Crippen molar-refractivity contribution < 1.29 is 9.47 Å². The van der Waals surface area contributed by atoms with E-state index in [0.29, 0.717) is 30.0 Å². The van der Waals surface area contributed by atoms with Crippen LogP contribution in [0.5, 0.6) is 11.8 Å². The Morgan fingerprint density at radius 1 is 1.24 bits per heavy atom. The lowest BCUT2D eigenvalue weighted by molar-refractivity contribution is 0.123. The minimum atomic E-state index is -0.327. The molecule has 0 bridgehead atoms. The van der Waals surface area contributed by atoms with Gasteiger partial charge in [-0.15, -0.1) is 0 Å². The third-order valence-corrected chi connectivity index (χ3v) is 3.28. The number of nitrogens with two attached hydrogens (primary N) is 1. The Morgan fingerprint density at radius 3 is 2.52 bits per heavy atom. The van der Waals surface area contributed by atoms with Gasteiger partial charge < -0.3 is 15.2 Å². The third kappa shape index (κ3) is 6.69. The van der Waals surface area contributed by atoms with Crippen LogP contribution < -0.4 is 15.2 Å². The molecule has 21 heavy (non-hydrogen) atoms. The lowest BCUT2D eigenvalue weighted by Crippen LogP contribution is -2.24. The second-order valence-electron chi connectivity index (χ2n) is 6.49. The highest BCUT2D eigenvalue weighted by molar-refractivity contribution is 5.49. The van der Waals surface area contributed by atoms with E-state index in [4.69, 9.17) is 15.2 Å². The van der Waals surface area contributed by atoms with Crippen LogP contribution in [0.2, 0.25) is 0 Å². The van der Waals surface area contributed by atoms with Gasteiger partial charge in [-0.05, 0) is 39.2 Å². The second kappa shape index (κ2) is 8.11. The summed E-state index contributed by atoms with van der Waals surface area (Å²) in [7, 11) is 0. The fraction of sp³-hybridized carbons (Fsp3) is 0.706. The molecule has 0 amide bonds. The molecule has 1 rings (SSSR count). The molecule has 4 nitrogen and oxygen atoms in total. The Morgan fingerprint density at radius 2 is 1.95 bits per heavy atom. The normalized spacial score (nSPS) is 13.0. The molecule has 0 saturated heterocycles. The van der Waals surface area contributed by atoms with Gasteiger partial charge in [0, 0.05) is 6.07 Å². The van der Waals surface area contributed by atoms with Crippen LogP contribution in [0.4, 0.5) is 5.69 Å². The number of unbranched alkanes of at least 4 members (excludes halogenated alkanes) is 1. The van der Waals surface area contributed by atoms with Crippen LogP contribution in [0.1, 0.15) is 60.3 Å². The van der Waals surface area contributed by atoms with Gasteiger partial charge in [0.2, 0.25) is 11.8 Å². The van der Waals surface area contributed by atoms with E-state index in [-0.39, 0.29) is 5.60 Å². The van der Waals surface area contributed by atoms with Crippen LogP contribution in [0.3, 0.4) is 0 Å². The molecule has 0 spiro atoms. The first-order valence-corrected chi connectivity index (χ1v) is 7.94. The molecule has 0 fully saturated rings. The van der Waals surface area contributed by atoms with E-state index < -0.39 is 0 Å². The lowest BCUT2D eigenvalue weighted by atomic mass is 10.0. The van der Waals surface area contributed by atoms with E-state index >= 15 is 0 Å². The van der Waals surface area contributed by atoms with Gasteiger partial charge in [-0.2, -0.15) is 4.98 Å². The van der Waals surface area contributed by atoms with E-state index in [1.54, 1.807) is 12.1 Å². The SMILES string of the molecule is CCCCC(CC)COc1ccc(N)c(OC(C)(C)C)n1. The fourth-order valence-corrected chi connectivity index (χ4v) is 1.99. The standard InChI is InChI=1S/C17H30N2O2/c1-6-8-9-13(7-2)12-20-15-11-10-14(18)16(19-15)21-17(3,4)5/h10-11,13H,6-9,12,18H2,1-5H3. The summed E-state index contributed by atoms with van der Waals surface area (Å²) in [4.78, 5) is 4.37. The first-order chi connectivity index (χ1) is 9.85. The summed E-state index contributed by atoms with van der Waals surface area (Å²) >= 11 is 0. The Kier molecular flexibility index (Phi) is 6.79. The molecule has 0 aliphatic rings. The van der Waals surface area contributed by atoms with E-state index in [2.05, 4.69) is 18.8 Å². The van der Waals surface area contributed by atoms with Gasteiger partial charge in [0.05, 0.1) is 12.3 Å². The van der Waals surface area contributed by atoms with Gasteiger partial charge in [-0.3, -0.25) is 0 Å². The molecule has 0 aliphatic carbocycles. The van der Waals surface area contributed by atoms with Crippen molar-refractivity contribution in [1.29, 1.82) is 0 Å². The zero-order chi connectivity index (χ0) is 15.9. The van der Waals surface area contributed by atoms with Crippen molar-refractivity contribution in [3.8, 4) is 11.8 Å². The second-order valence-corrected chi connectivity index (χ2v) is 6.49. The van der Waals surface area contributed by atoms with Crippen molar-refractivity contribution in [1.82, 2.24) is 4.98 Å². The highest BCUT2D eigenvalue weighted by Gasteiger charge is 2.16. The number of aromatic nitrogens is 1. The average molecular weight is 294 g/mol. The smallest absolute Gasteiger partial charge is 0.241 e. The molecule has 0 saturated carbocycles. The molecule has 1 atom stereocenters. The largest absolute Gasteiger partial charge is 0.477 e. The molecule has 0 aromatic carbocycles. The Bertz CT molecular complexity index is 427. The zero-order valence-electron chi connectivity index (χ0n) is 14.1. The van der Waals surface area contributed by atoms with Crippen LogP contribution in [0.25, 0.3) is 0 Å². The summed E-state index contributed by atoms with van der Waals surface area (Å²) in [5, 5.41) is 0. The van der Waals surface area contributed by atoms with Gasteiger partial charge in [0.25, 0.3) is 0 Å². The first-order valence-electron chi connectivity index (χ1n) is 7.94. The predicted molar refractivity (Wildman–Crippen MR) is 87.8 cm³/mol. The molecular weight excluding hydrogens is 264 g/mol. The highest BCUT2D eigenvalue weighted by Crippen LogP contribution is 2.26. The molecule has 2 N–H and O–H groups in total. The molecule has 0 radical (unpaired) electrons. The molecule has 0 aliphatic heterocycles. The van der Waals surface area contributed by atoms with Gasteiger partial charge in [0.15, 0.2) is 0 Å². The molecule has 1 unspecified atom stereocenters. The maximum Gasteiger partial charge on any atom is 0.241 e. The van der Waals surface area contributed by atoms with Gasteiger partial charge in [-0.25, -0.2) is 0 Å².